The van der Waals surface area contributed by atoms with Gasteiger partial charge in [-0.15, -0.1) is 0 Å². The number of carbonyl (C=O) groups is 1. The average Bonchev–Trinajstić information content (AvgIpc) is 3.27. The SMILES string of the molecule is Cc1ccc(S(N)(=O)=O)cc1C(=O)NC(C1CC1)C1CC1. The van der Waals surface area contributed by atoms with E-state index in [-0.39, 0.29) is 16.8 Å². The number of primary sulfonamides is 1. The molecule has 0 spiro atoms. The molecule has 2 saturated carbocycles. The van der Waals surface area contributed by atoms with E-state index in [9.17, 15) is 13.2 Å². The molecule has 3 N–H and O–H groups in total. The molecule has 1 aromatic carbocycles. The summed E-state index contributed by atoms with van der Waals surface area (Å²) in [5, 5.41) is 8.24. The Balaban J connectivity index is 1.83. The van der Waals surface area contributed by atoms with E-state index >= 15 is 0 Å². The van der Waals surface area contributed by atoms with E-state index in [1.165, 1.54) is 37.8 Å². The van der Waals surface area contributed by atoms with Crippen molar-refractivity contribution < 1.29 is 13.2 Å². The van der Waals surface area contributed by atoms with Crippen LogP contribution < -0.4 is 10.5 Å². The summed E-state index contributed by atoms with van der Waals surface area (Å²) in [6.45, 7) is 1.80. The lowest BCUT2D eigenvalue weighted by molar-refractivity contribution is 0.0925. The van der Waals surface area contributed by atoms with Gasteiger partial charge in [0.1, 0.15) is 0 Å². The zero-order chi connectivity index (χ0) is 15.2. The highest BCUT2D eigenvalue weighted by atomic mass is 32.2. The van der Waals surface area contributed by atoms with E-state index in [2.05, 4.69) is 5.32 Å². The summed E-state index contributed by atoms with van der Waals surface area (Å²) in [7, 11) is -3.79. The number of amides is 1. The first-order chi connectivity index (χ1) is 9.86. The van der Waals surface area contributed by atoms with Crippen LogP contribution >= 0.6 is 0 Å². The van der Waals surface area contributed by atoms with Crippen molar-refractivity contribution in [1.82, 2.24) is 5.32 Å². The molecule has 1 amide bonds. The predicted molar refractivity (Wildman–Crippen MR) is 79.3 cm³/mol. The van der Waals surface area contributed by atoms with E-state index in [1.807, 2.05) is 0 Å². The molecular weight excluding hydrogens is 288 g/mol. The number of aryl methyl sites for hydroxylation is 1. The Morgan fingerprint density at radius 1 is 1.24 bits per heavy atom. The van der Waals surface area contributed by atoms with Gasteiger partial charge in [0.25, 0.3) is 5.91 Å². The second kappa shape index (κ2) is 5.10. The van der Waals surface area contributed by atoms with Crippen molar-refractivity contribution in [2.24, 2.45) is 17.0 Å². The minimum atomic E-state index is -3.79. The summed E-state index contributed by atoms with van der Waals surface area (Å²) in [4.78, 5) is 12.5. The molecule has 0 heterocycles. The van der Waals surface area contributed by atoms with Crippen LogP contribution in [0, 0.1) is 18.8 Å². The number of carbonyl (C=O) groups excluding carboxylic acids is 1. The number of hydrogen-bond acceptors (Lipinski definition) is 3. The highest BCUT2D eigenvalue weighted by Gasteiger charge is 2.42. The lowest BCUT2D eigenvalue weighted by Crippen LogP contribution is -2.38. The molecule has 1 aromatic rings. The zero-order valence-electron chi connectivity index (χ0n) is 12.0. The van der Waals surface area contributed by atoms with Gasteiger partial charge in [0.15, 0.2) is 0 Å². The summed E-state index contributed by atoms with van der Waals surface area (Å²) in [6.07, 6.45) is 4.71. The van der Waals surface area contributed by atoms with Crippen molar-refractivity contribution in [3.63, 3.8) is 0 Å². The summed E-state index contributed by atoms with van der Waals surface area (Å²) in [5.41, 5.74) is 1.15. The maximum Gasteiger partial charge on any atom is 0.251 e. The van der Waals surface area contributed by atoms with Crippen LogP contribution in [-0.4, -0.2) is 20.4 Å². The predicted octanol–water partition coefficient (Wildman–Crippen LogP) is 1.56. The van der Waals surface area contributed by atoms with E-state index < -0.39 is 10.0 Å². The first-order valence-electron chi connectivity index (χ1n) is 7.30. The van der Waals surface area contributed by atoms with Gasteiger partial charge in [-0.2, -0.15) is 0 Å². The molecule has 6 heteroatoms. The molecule has 2 fully saturated rings. The Labute approximate surface area is 125 Å². The van der Waals surface area contributed by atoms with Crippen LogP contribution in [0.4, 0.5) is 0 Å². The van der Waals surface area contributed by atoms with Gasteiger partial charge >= 0.3 is 0 Å². The molecule has 0 saturated heterocycles. The Bertz CT molecular complexity index is 664. The lowest BCUT2D eigenvalue weighted by atomic mass is 10.0. The summed E-state index contributed by atoms with van der Waals surface area (Å²) < 4.78 is 22.8. The van der Waals surface area contributed by atoms with Crippen LogP contribution in [0.2, 0.25) is 0 Å². The highest BCUT2D eigenvalue weighted by molar-refractivity contribution is 7.89. The van der Waals surface area contributed by atoms with Crippen molar-refractivity contribution in [1.29, 1.82) is 0 Å². The van der Waals surface area contributed by atoms with E-state index in [0.717, 1.165) is 5.56 Å². The van der Waals surface area contributed by atoms with E-state index in [1.54, 1.807) is 13.0 Å². The van der Waals surface area contributed by atoms with Gasteiger partial charge in [-0.25, -0.2) is 13.6 Å². The fourth-order valence-corrected chi connectivity index (χ4v) is 3.32. The molecule has 0 unspecified atom stereocenters. The zero-order valence-corrected chi connectivity index (χ0v) is 12.8. The van der Waals surface area contributed by atoms with Crippen LogP contribution in [0.15, 0.2) is 23.1 Å². The monoisotopic (exact) mass is 308 g/mol. The van der Waals surface area contributed by atoms with Crippen molar-refractivity contribution in [3.05, 3.63) is 29.3 Å². The molecule has 2 aliphatic carbocycles. The lowest BCUT2D eigenvalue weighted by Gasteiger charge is -2.18. The van der Waals surface area contributed by atoms with Crippen molar-refractivity contribution in [3.8, 4) is 0 Å². The van der Waals surface area contributed by atoms with Crippen LogP contribution in [0.5, 0.6) is 0 Å². The fourth-order valence-electron chi connectivity index (χ4n) is 2.78. The topological polar surface area (TPSA) is 89.3 Å². The first kappa shape index (κ1) is 14.5. The Morgan fingerprint density at radius 3 is 2.29 bits per heavy atom. The average molecular weight is 308 g/mol. The second-order valence-corrected chi connectivity index (χ2v) is 7.76. The molecular formula is C15H20N2O3S. The number of nitrogens with two attached hydrogens (primary N) is 1. The van der Waals surface area contributed by atoms with Gasteiger partial charge in [0.2, 0.25) is 10.0 Å². The van der Waals surface area contributed by atoms with Gasteiger partial charge in [-0.1, -0.05) is 6.07 Å². The normalized spacial score (nSPS) is 18.8. The number of nitrogens with one attached hydrogen (secondary N) is 1. The Morgan fingerprint density at radius 2 is 1.81 bits per heavy atom. The smallest absolute Gasteiger partial charge is 0.251 e. The summed E-state index contributed by atoms with van der Waals surface area (Å²) in [5.74, 6) is 1.01. The maximum atomic E-state index is 12.5. The number of sulfonamides is 1. The fraction of sp³-hybridized carbons (Fsp3) is 0.533. The van der Waals surface area contributed by atoms with Gasteiger partial charge in [0, 0.05) is 11.6 Å². The largest absolute Gasteiger partial charge is 0.349 e. The third kappa shape index (κ3) is 3.27. The third-order valence-corrected chi connectivity index (χ3v) is 5.25. The molecule has 0 atom stereocenters. The first-order valence-corrected chi connectivity index (χ1v) is 8.85. The Hall–Kier alpha value is -1.40. The standard InChI is InChI=1S/C15H20N2O3S/c1-9-2-7-12(21(16,19)20)8-13(9)15(18)17-14(10-3-4-10)11-5-6-11/h2,7-8,10-11,14H,3-6H2,1H3,(H,17,18)(H2,16,19,20). The second-order valence-electron chi connectivity index (χ2n) is 6.20. The molecule has 21 heavy (non-hydrogen) atoms. The van der Waals surface area contributed by atoms with Gasteiger partial charge in [-0.3, -0.25) is 4.79 Å². The number of hydrogen-bond donors (Lipinski definition) is 2. The third-order valence-electron chi connectivity index (χ3n) is 4.34. The van der Waals surface area contributed by atoms with Crippen molar-refractivity contribution >= 4 is 15.9 Å². The molecule has 3 rings (SSSR count). The minimum absolute atomic E-state index is 0.0207. The molecule has 2 aliphatic rings. The molecule has 0 aromatic heterocycles. The van der Waals surface area contributed by atoms with Gasteiger partial charge in [0.05, 0.1) is 4.90 Å². The van der Waals surface area contributed by atoms with Crippen molar-refractivity contribution in [2.75, 3.05) is 0 Å². The van der Waals surface area contributed by atoms with Crippen LogP contribution in [-0.2, 0) is 10.0 Å². The molecule has 114 valence electrons. The van der Waals surface area contributed by atoms with Crippen LogP contribution in [0.25, 0.3) is 0 Å². The molecule has 0 bridgehead atoms. The van der Waals surface area contributed by atoms with Gasteiger partial charge < -0.3 is 5.32 Å². The molecule has 5 nitrogen and oxygen atoms in total. The van der Waals surface area contributed by atoms with Gasteiger partial charge in [-0.05, 0) is 62.1 Å². The number of benzene rings is 1. The van der Waals surface area contributed by atoms with E-state index in [4.69, 9.17) is 5.14 Å². The Kier molecular flexibility index (Phi) is 3.53. The molecule has 0 aliphatic heterocycles. The van der Waals surface area contributed by atoms with Crippen LogP contribution in [0.1, 0.15) is 41.6 Å². The summed E-state index contributed by atoms with van der Waals surface area (Å²) in [6, 6.07) is 4.67. The summed E-state index contributed by atoms with van der Waals surface area (Å²) >= 11 is 0. The minimum Gasteiger partial charge on any atom is -0.349 e. The highest BCUT2D eigenvalue weighted by Crippen LogP contribution is 2.44. The van der Waals surface area contributed by atoms with Crippen LogP contribution in [0.3, 0.4) is 0 Å². The quantitative estimate of drug-likeness (QED) is 0.865. The molecule has 0 radical (unpaired) electrons. The van der Waals surface area contributed by atoms with Crippen molar-refractivity contribution in [2.45, 2.75) is 43.5 Å². The number of rotatable bonds is 5. The maximum absolute atomic E-state index is 12.5. The van der Waals surface area contributed by atoms with E-state index in [0.29, 0.717) is 17.4 Å².